The van der Waals surface area contributed by atoms with Crippen LogP contribution in [0.5, 0.6) is 0 Å². The van der Waals surface area contributed by atoms with Gasteiger partial charge in [0.25, 0.3) is 0 Å². The molecular formula is C24H23N3O. The second-order valence-corrected chi connectivity index (χ2v) is 7.77. The van der Waals surface area contributed by atoms with Crippen molar-refractivity contribution in [1.82, 2.24) is 4.98 Å². The number of anilines is 1. The largest absolute Gasteiger partial charge is 0.383 e. The van der Waals surface area contributed by atoms with Crippen LogP contribution in [0.2, 0.25) is 0 Å². The minimum atomic E-state index is -0.377. The minimum Gasteiger partial charge on any atom is -0.383 e. The van der Waals surface area contributed by atoms with Crippen LogP contribution in [0.25, 0.3) is 11.3 Å². The summed E-state index contributed by atoms with van der Waals surface area (Å²) in [6, 6.07) is 21.0. The highest BCUT2D eigenvalue weighted by Gasteiger charge is 2.29. The van der Waals surface area contributed by atoms with Gasteiger partial charge in [-0.05, 0) is 16.5 Å². The molecule has 0 saturated heterocycles. The molecule has 4 nitrogen and oxygen atoms in total. The molecule has 3 aromatic rings. The van der Waals surface area contributed by atoms with Gasteiger partial charge >= 0.3 is 0 Å². The first-order chi connectivity index (χ1) is 13.3. The quantitative estimate of drug-likeness (QED) is 0.662. The number of nitrogens with two attached hydrogens (primary N) is 1. The smallest absolute Gasteiger partial charge is 0.167 e. The topological polar surface area (TPSA) is 79.8 Å². The molecule has 0 aliphatic rings. The Bertz CT molecular complexity index is 1040. The number of aromatic nitrogens is 1. The zero-order valence-electron chi connectivity index (χ0n) is 16.4. The van der Waals surface area contributed by atoms with E-state index in [0.717, 1.165) is 16.7 Å². The lowest BCUT2D eigenvalue weighted by Crippen LogP contribution is -2.21. The molecule has 0 atom stereocenters. The lowest BCUT2D eigenvalue weighted by molar-refractivity contribution is 0.0992. The molecule has 0 fully saturated rings. The Morgan fingerprint density at radius 3 is 2.14 bits per heavy atom. The third-order valence-corrected chi connectivity index (χ3v) is 4.67. The molecule has 4 heteroatoms. The van der Waals surface area contributed by atoms with E-state index < -0.39 is 0 Å². The molecule has 0 amide bonds. The van der Waals surface area contributed by atoms with Gasteiger partial charge in [-0.1, -0.05) is 81.4 Å². The number of hydrogen-bond acceptors (Lipinski definition) is 4. The third-order valence-electron chi connectivity index (χ3n) is 4.67. The van der Waals surface area contributed by atoms with Crippen LogP contribution >= 0.6 is 0 Å². The molecule has 140 valence electrons. The van der Waals surface area contributed by atoms with Crippen molar-refractivity contribution in [2.75, 3.05) is 5.73 Å². The van der Waals surface area contributed by atoms with Crippen LogP contribution < -0.4 is 5.73 Å². The predicted molar refractivity (Wildman–Crippen MR) is 112 cm³/mol. The van der Waals surface area contributed by atoms with Crippen molar-refractivity contribution in [1.29, 1.82) is 5.26 Å². The van der Waals surface area contributed by atoms with Gasteiger partial charge < -0.3 is 5.73 Å². The normalized spacial score (nSPS) is 11.1. The maximum Gasteiger partial charge on any atom is 0.167 e. The summed E-state index contributed by atoms with van der Waals surface area (Å²) in [5.41, 5.74) is 9.85. The second kappa shape index (κ2) is 7.66. The number of benzene rings is 2. The van der Waals surface area contributed by atoms with Gasteiger partial charge in [0.15, 0.2) is 5.78 Å². The molecule has 1 aromatic heterocycles. The maximum absolute atomic E-state index is 13.0. The molecule has 0 bridgehead atoms. The summed E-state index contributed by atoms with van der Waals surface area (Å²) in [6.07, 6.45) is 0.156. The Balaban J connectivity index is 2.28. The van der Waals surface area contributed by atoms with Gasteiger partial charge in [-0.2, -0.15) is 5.26 Å². The van der Waals surface area contributed by atoms with Gasteiger partial charge in [-0.15, -0.1) is 0 Å². The fourth-order valence-electron chi connectivity index (χ4n) is 3.48. The number of carbonyl (C=O) groups is 1. The number of nitriles is 1. The fourth-order valence-corrected chi connectivity index (χ4v) is 3.48. The molecular weight excluding hydrogens is 346 g/mol. The van der Waals surface area contributed by atoms with E-state index in [4.69, 9.17) is 5.73 Å². The average Bonchev–Trinajstić information content (AvgIpc) is 2.69. The monoisotopic (exact) mass is 369 g/mol. The van der Waals surface area contributed by atoms with Gasteiger partial charge in [0, 0.05) is 17.5 Å². The maximum atomic E-state index is 13.0. The summed E-state index contributed by atoms with van der Waals surface area (Å²) < 4.78 is 0. The van der Waals surface area contributed by atoms with Crippen LogP contribution in [0.15, 0.2) is 60.7 Å². The van der Waals surface area contributed by atoms with E-state index >= 15 is 0 Å². The number of pyridine rings is 1. The van der Waals surface area contributed by atoms with Gasteiger partial charge in [0.2, 0.25) is 0 Å². The lowest BCUT2D eigenvalue weighted by Gasteiger charge is -2.27. The van der Waals surface area contributed by atoms with Crippen molar-refractivity contribution >= 4 is 11.6 Å². The number of Topliss-reactive ketones (excluding diaryl/α,β-unsaturated/α-hetero) is 1. The van der Waals surface area contributed by atoms with Crippen LogP contribution in [0, 0.1) is 11.3 Å². The second-order valence-electron chi connectivity index (χ2n) is 7.77. The molecule has 2 aromatic carbocycles. The summed E-state index contributed by atoms with van der Waals surface area (Å²) in [7, 11) is 0. The van der Waals surface area contributed by atoms with Crippen molar-refractivity contribution in [2.45, 2.75) is 32.6 Å². The summed E-state index contributed by atoms with van der Waals surface area (Å²) in [5.74, 6) is 0.181. The number of nitrogen functional groups attached to an aromatic ring is 1. The zero-order chi connectivity index (χ0) is 20.3. The Kier molecular flexibility index (Phi) is 5.28. The Labute approximate surface area is 165 Å². The molecule has 0 unspecified atom stereocenters. The first-order valence-electron chi connectivity index (χ1n) is 9.19. The standard InChI is InChI=1S/C24H23N3O/c1-24(2,3)21-18(14-20(28)16-10-6-4-7-11-16)22(17-12-8-5-9-13-17)27-23(26)19(21)15-25/h4-13H,14H2,1-3H3,(H2,26,27). The van der Waals surface area contributed by atoms with E-state index in [2.05, 4.69) is 11.1 Å². The van der Waals surface area contributed by atoms with E-state index in [0.29, 0.717) is 16.8 Å². The highest BCUT2D eigenvalue weighted by atomic mass is 16.1. The van der Waals surface area contributed by atoms with Crippen LogP contribution in [0.4, 0.5) is 5.82 Å². The highest BCUT2D eigenvalue weighted by Crippen LogP contribution is 2.37. The number of hydrogen-bond donors (Lipinski definition) is 1. The first kappa shape index (κ1) is 19.3. The number of nitrogens with zero attached hydrogens (tertiary/aromatic N) is 2. The molecule has 0 aliphatic carbocycles. The van der Waals surface area contributed by atoms with E-state index in [-0.39, 0.29) is 23.4 Å². The molecule has 3 rings (SSSR count). The predicted octanol–water partition coefficient (Wildman–Crippen LogP) is 4.93. The Hall–Kier alpha value is -3.45. The summed E-state index contributed by atoms with van der Waals surface area (Å²) in [6.45, 7) is 6.07. The summed E-state index contributed by atoms with van der Waals surface area (Å²) in [5, 5.41) is 9.74. The molecule has 2 N–H and O–H groups in total. The van der Waals surface area contributed by atoms with Crippen LogP contribution in [0.1, 0.15) is 47.8 Å². The Morgan fingerprint density at radius 2 is 1.61 bits per heavy atom. The van der Waals surface area contributed by atoms with E-state index in [1.165, 1.54) is 0 Å². The van der Waals surface area contributed by atoms with Crippen molar-refractivity contribution in [3.05, 3.63) is 82.9 Å². The van der Waals surface area contributed by atoms with E-state index in [1.807, 2.05) is 69.3 Å². The molecule has 0 spiro atoms. The van der Waals surface area contributed by atoms with E-state index in [9.17, 15) is 10.1 Å². The van der Waals surface area contributed by atoms with Crippen molar-refractivity contribution in [2.24, 2.45) is 0 Å². The van der Waals surface area contributed by atoms with Gasteiger partial charge in [-0.25, -0.2) is 4.98 Å². The fraction of sp³-hybridized carbons (Fsp3) is 0.208. The van der Waals surface area contributed by atoms with E-state index in [1.54, 1.807) is 12.1 Å². The molecule has 1 heterocycles. The summed E-state index contributed by atoms with van der Waals surface area (Å²) in [4.78, 5) is 17.6. The molecule has 0 aliphatic heterocycles. The molecule has 0 radical (unpaired) electrons. The van der Waals surface area contributed by atoms with Crippen LogP contribution in [-0.2, 0) is 11.8 Å². The minimum absolute atomic E-state index is 0.0151. The number of ketones is 1. The average molecular weight is 369 g/mol. The van der Waals surface area contributed by atoms with Crippen molar-refractivity contribution < 1.29 is 4.79 Å². The van der Waals surface area contributed by atoms with Crippen molar-refractivity contribution in [3.63, 3.8) is 0 Å². The first-order valence-corrected chi connectivity index (χ1v) is 9.19. The van der Waals surface area contributed by atoms with Gasteiger partial charge in [0.1, 0.15) is 11.9 Å². The third kappa shape index (κ3) is 3.79. The SMILES string of the molecule is CC(C)(C)c1c(C#N)c(N)nc(-c2ccccc2)c1CC(=O)c1ccccc1. The van der Waals surface area contributed by atoms with Gasteiger partial charge in [-0.3, -0.25) is 4.79 Å². The van der Waals surface area contributed by atoms with Crippen LogP contribution in [-0.4, -0.2) is 10.8 Å². The Morgan fingerprint density at radius 1 is 1.04 bits per heavy atom. The van der Waals surface area contributed by atoms with Crippen molar-refractivity contribution in [3.8, 4) is 17.3 Å². The summed E-state index contributed by atoms with van der Waals surface area (Å²) >= 11 is 0. The van der Waals surface area contributed by atoms with Crippen LogP contribution in [0.3, 0.4) is 0 Å². The number of carbonyl (C=O) groups excluding carboxylic acids is 1. The van der Waals surface area contributed by atoms with Gasteiger partial charge in [0.05, 0.1) is 11.3 Å². The lowest BCUT2D eigenvalue weighted by atomic mass is 9.78. The molecule has 28 heavy (non-hydrogen) atoms. The number of rotatable bonds is 4. The zero-order valence-corrected chi connectivity index (χ0v) is 16.4. The molecule has 0 saturated carbocycles. The highest BCUT2D eigenvalue weighted by molar-refractivity contribution is 5.98.